The van der Waals surface area contributed by atoms with Gasteiger partial charge in [-0.15, -0.1) is 11.6 Å². The molecule has 0 aliphatic carbocycles. The average Bonchev–Trinajstić information content (AvgIpc) is 2.60. The summed E-state index contributed by atoms with van der Waals surface area (Å²) in [6, 6.07) is 0. The first kappa shape index (κ1) is 24.7. The van der Waals surface area contributed by atoms with E-state index < -0.39 is 0 Å². The molecule has 4 heteroatoms. The standard InChI is InChI=1S/C21H41ClO3/c1-3-4-5-6-7-8-9-10-11-12-13-14-15-16-17-24-19-21(18-22)25-20(2)23/h21H,3-19H2,1-2H3/t21-/m1/s1. The van der Waals surface area contributed by atoms with Crippen LogP contribution in [0.2, 0.25) is 0 Å². The van der Waals surface area contributed by atoms with Gasteiger partial charge in [-0.2, -0.15) is 0 Å². The average molecular weight is 377 g/mol. The Balaban J connectivity index is 3.15. The fourth-order valence-electron chi connectivity index (χ4n) is 2.96. The van der Waals surface area contributed by atoms with E-state index in [-0.39, 0.29) is 12.1 Å². The van der Waals surface area contributed by atoms with Gasteiger partial charge in [-0.3, -0.25) is 4.79 Å². The molecule has 0 unspecified atom stereocenters. The number of esters is 1. The molecule has 0 fully saturated rings. The minimum Gasteiger partial charge on any atom is -0.459 e. The van der Waals surface area contributed by atoms with E-state index in [1.165, 1.54) is 90.4 Å². The highest BCUT2D eigenvalue weighted by Gasteiger charge is 2.10. The molecule has 0 N–H and O–H groups in total. The molecule has 0 aromatic carbocycles. The van der Waals surface area contributed by atoms with Crippen molar-refractivity contribution >= 4 is 17.6 Å². The lowest BCUT2D eigenvalue weighted by atomic mass is 10.0. The summed E-state index contributed by atoms with van der Waals surface area (Å²) in [6.07, 6.45) is 18.7. The molecule has 0 aliphatic heterocycles. The van der Waals surface area contributed by atoms with Crippen molar-refractivity contribution in [1.29, 1.82) is 0 Å². The first-order valence-corrected chi connectivity index (χ1v) is 11.0. The SMILES string of the molecule is CCCCCCCCCCCCCCCCOC[C@@H](CCl)OC(C)=O. The lowest BCUT2D eigenvalue weighted by molar-refractivity contribution is -0.148. The summed E-state index contributed by atoms with van der Waals surface area (Å²) in [6.45, 7) is 4.80. The van der Waals surface area contributed by atoms with E-state index in [0.29, 0.717) is 12.5 Å². The molecule has 0 heterocycles. The van der Waals surface area contributed by atoms with Crippen LogP contribution in [0.4, 0.5) is 0 Å². The predicted molar refractivity (Wildman–Crippen MR) is 107 cm³/mol. The molecule has 0 aromatic heterocycles. The number of ether oxygens (including phenoxy) is 2. The van der Waals surface area contributed by atoms with E-state index in [1.54, 1.807) is 0 Å². The van der Waals surface area contributed by atoms with Crippen LogP contribution in [0.5, 0.6) is 0 Å². The second-order valence-corrected chi connectivity index (χ2v) is 7.37. The summed E-state index contributed by atoms with van der Waals surface area (Å²) < 4.78 is 10.6. The molecule has 0 rings (SSSR count). The zero-order chi connectivity index (χ0) is 18.6. The fraction of sp³-hybridized carbons (Fsp3) is 0.952. The van der Waals surface area contributed by atoms with Crippen LogP contribution in [-0.2, 0) is 14.3 Å². The van der Waals surface area contributed by atoms with E-state index in [2.05, 4.69) is 6.92 Å². The minimum atomic E-state index is -0.314. The van der Waals surface area contributed by atoms with E-state index in [0.717, 1.165) is 13.0 Å². The predicted octanol–water partition coefficient (Wildman–Crippen LogP) is 6.65. The Hall–Kier alpha value is -0.280. The molecule has 0 bridgehead atoms. The molecule has 25 heavy (non-hydrogen) atoms. The summed E-state index contributed by atoms with van der Waals surface area (Å²) >= 11 is 5.73. The second kappa shape index (κ2) is 20.0. The van der Waals surface area contributed by atoms with Crippen LogP contribution in [0.1, 0.15) is 104 Å². The van der Waals surface area contributed by atoms with Gasteiger partial charge in [0.05, 0.1) is 12.5 Å². The van der Waals surface area contributed by atoms with Crippen LogP contribution >= 0.6 is 11.6 Å². The smallest absolute Gasteiger partial charge is 0.303 e. The van der Waals surface area contributed by atoms with E-state index >= 15 is 0 Å². The first-order chi connectivity index (χ1) is 12.2. The van der Waals surface area contributed by atoms with Gasteiger partial charge in [0.2, 0.25) is 0 Å². The van der Waals surface area contributed by atoms with Gasteiger partial charge in [0.25, 0.3) is 0 Å². The molecule has 0 saturated heterocycles. The largest absolute Gasteiger partial charge is 0.459 e. The molecular weight excluding hydrogens is 336 g/mol. The highest BCUT2D eigenvalue weighted by Crippen LogP contribution is 2.13. The van der Waals surface area contributed by atoms with Crippen molar-refractivity contribution in [3.8, 4) is 0 Å². The Morgan fingerprint density at radius 2 is 1.24 bits per heavy atom. The maximum absolute atomic E-state index is 10.8. The Labute approximate surface area is 161 Å². The first-order valence-electron chi connectivity index (χ1n) is 10.5. The molecule has 0 amide bonds. The van der Waals surface area contributed by atoms with Crippen LogP contribution in [0.25, 0.3) is 0 Å². The lowest BCUT2D eigenvalue weighted by Crippen LogP contribution is -2.24. The second-order valence-electron chi connectivity index (χ2n) is 7.06. The van der Waals surface area contributed by atoms with Crippen molar-refractivity contribution < 1.29 is 14.3 Å². The number of hydrogen-bond acceptors (Lipinski definition) is 3. The normalized spacial score (nSPS) is 12.3. The molecule has 0 radical (unpaired) electrons. The molecule has 1 atom stereocenters. The highest BCUT2D eigenvalue weighted by atomic mass is 35.5. The Bertz CT molecular complexity index is 284. The number of hydrogen-bond donors (Lipinski definition) is 0. The zero-order valence-corrected chi connectivity index (χ0v) is 17.5. The van der Waals surface area contributed by atoms with Crippen LogP contribution in [0, 0.1) is 0 Å². The summed E-state index contributed by atoms with van der Waals surface area (Å²) in [7, 11) is 0. The van der Waals surface area contributed by atoms with Gasteiger partial charge in [-0.1, -0.05) is 90.4 Å². The van der Waals surface area contributed by atoms with Gasteiger partial charge in [0.1, 0.15) is 6.10 Å². The minimum absolute atomic E-state index is 0.290. The van der Waals surface area contributed by atoms with E-state index in [4.69, 9.17) is 21.1 Å². The summed E-state index contributed by atoms with van der Waals surface area (Å²) in [5, 5.41) is 0. The third kappa shape index (κ3) is 19.9. The Kier molecular flexibility index (Phi) is 19.8. The van der Waals surface area contributed by atoms with Gasteiger partial charge in [0.15, 0.2) is 0 Å². The van der Waals surface area contributed by atoms with E-state index in [9.17, 15) is 4.79 Å². The molecule has 150 valence electrons. The zero-order valence-electron chi connectivity index (χ0n) is 16.7. The Morgan fingerprint density at radius 3 is 1.64 bits per heavy atom. The van der Waals surface area contributed by atoms with Crippen molar-refractivity contribution in [2.75, 3.05) is 19.1 Å². The van der Waals surface area contributed by atoms with Gasteiger partial charge in [-0.05, 0) is 6.42 Å². The number of unbranched alkanes of at least 4 members (excludes halogenated alkanes) is 13. The van der Waals surface area contributed by atoms with Crippen molar-refractivity contribution in [3.05, 3.63) is 0 Å². The molecule has 3 nitrogen and oxygen atoms in total. The van der Waals surface area contributed by atoms with Crippen LogP contribution in [0.3, 0.4) is 0 Å². The van der Waals surface area contributed by atoms with Crippen molar-refractivity contribution in [2.45, 2.75) is 110 Å². The topological polar surface area (TPSA) is 35.5 Å². The van der Waals surface area contributed by atoms with Gasteiger partial charge in [0, 0.05) is 13.5 Å². The van der Waals surface area contributed by atoms with Crippen LogP contribution in [0.15, 0.2) is 0 Å². The maximum atomic E-state index is 10.8. The fourth-order valence-corrected chi connectivity index (χ4v) is 3.11. The summed E-state index contributed by atoms with van der Waals surface area (Å²) in [5.74, 6) is -0.0102. The quantitative estimate of drug-likeness (QED) is 0.144. The highest BCUT2D eigenvalue weighted by molar-refractivity contribution is 6.18. The monoisotopic (exact) mass is 376 g/mol. The lowest BCUT2D eigenvalue weighted by Gasteiger charge is -2.14. The maximum Gasteiger partial charge on any atom is 0.303 e. The number of alkyl halides is 1. The molecule has 0 spiro atoms. The summed E-state index contributed by atoms with van der Waals surface area (Å²) in [5.41, 5.74) is 0. The number of halogens is 1. The van der Waals surface area contributed by atoms with Crippen molar-refractivity contribution in [3.63, 3.8) is 0 Å². The Morgan fingerprint density at radius 1 is 0.800 bits per heavy atom. The van der Waals surface area contributed by atoms with Gasteiger partial charge in [-0.25, -0.2) is 0 Å². The number of carbonyl (C=O) groups is 1. The molecular formula is C21H41ClO3. The molecule has 0 saturated carbocycles. The van der Waals surface area contributed by atoms with Gasteiger partial charge >= 0.3 is 5.97 Å². The van der Waals surface area contributed by atoms with Crippen molar-refractivity contribution in [2.24, 2.45) is 0 Å². The third-order valence-corrected chi connectivity index (χ3v) is 4.79. The number of carbonyl (C=O) groups excluding carboxylic acids is 1. The van der Waals surface area contributed by atoms with Crippen molar-refractivity contribution in [1.82, 2.24) is 0 Å². The molecule has 0 aliphatic rings. The number of rotatable bonds is 19. The summed E-state index contributed by atoms with van der Waals surface area (Å²) in [4.78, 5) is 10.8. The van der Waals surface area contributed by atoms with Gasteiger partial charge < -0.3 is 9.47 Å². The van der Waals surface area contributed by atoms with E-state index in [1.807, 2.05) is 0 Å². The van der Waals surface area contributed by atoms with Crippen LogP contribution in [-0.4, -0.2) is 31.2 Å². The van der Waals surface area contributed by atoms with Crippen LogP contribution < -0.4 is 0 Å². The molecule has 0 aromatic rings. The third-order valence-electron chi connectivity index (χ3n) is 4.45.